The quantitative estimate of drug-likeness (QED) is 0.874. The molecule has 0 aromatic carbocycles. The minimum atomic E-state index is 0.0783. The molecular formula is C15H24N2O. The smallest absolute Gasteiger partial charge is 0.134 e. The van der Waals surface area contributed by atoms with Crippen molar-refractivity contribution in [2.75, 3.05) is 18.0 Å². The van der Waals surface area contributed by atoms with Gasteiger partial charge in [0.25, 0.3) is 0 Å². The fourth-order valence-corrected chi connectivity index (χ4v) is 2.76. The van der Waals surface area contributed by atoms with Gasteiger partial charge in [0.1, 0.15) is 5.82 Å². The molecule has 2 unspecified atom stereocenters. The second-order valence-corrected chi connectivity index (χ2v) is 5.73. The third-order valence-corrected chi connectivity index (χ3v) is 4.25. The molecule has 0 amide bonds. The van der Waals surface area contributed by atoms with E-state index in [1.807, 2.05) is 13.0 Å². The second kappa shape index (κ2) is 5.27. The summed E-state index contributed by atoms with van der Waals surface area (Å²) in [6, 6.07) is 2.05. The average Bonchev–Trinajstić information content (AvgIpc) is 2.32. The van der Waals surface area contributed by atoms with Crippen molar-refractivity contribution in [3.05, 3.63) is 22.9 Å². The molecule has 1 aromatic rings. The topological polar surface area (TPSA) is 36.4 Å². The molecular weight excluding hydrogens is 224 g/mol. The van der Waals surface area contributed by atoms with Crippen LogP contribution in [0.4, 0.5) is 5.82 Å². The van der Waals surface area contributed by atoms with E-state index in [9.17, 15) is 5.11 Å². The van der Waals surface area contributed by atoms with Crippen LogP contribution in [-0.2, 0) is 6.61 Å². The maximum atomic E-state index is 9.57. The van der Waals surface area contributed by atoms with Gasteiger partial charge in [-0.3, -0.25) is 0 Å². The fourth-order valence-electron chi connectivity index (χ4n) is 2.76. The molecule has 1 fully saturated rings. The van der Waals surface area contributed by atoms with E-state index in [0.717, 1.165) is 41.6 Å². The third-order valence-electron chi connectivity index (χ3n) is 4.25. The van der Waals surface area contributed by atoms with Gasteiger partial charge in [0.15, 0.2) is 0 Å². The zero-order valence-corrected chi connectivity index (χ0v) is 11.9. The van der Waals surface area contributed by atoms with Gasteiger partial charge in [-0.2, -0.15) is 0 Å². The lowest BCUT2D eigenvalue weighted by Gasteiger charge is -2.37. The van der Waals surface area contributed by atoms with Gasteiger partial charge >= 0.3 is 0 Å². The first-order chi connectivity index (χ1) is 8.52. The van der Waals surface area contributed by atoms with Crippen LogP contribution in [0, 0.1) is 25.7 Å². The van der Waals surface area contributed by atoms with E-state index in [4.69, 9.17) is 0 Å². The van der Waals surface area contributed by atoms with Gasteiger partial charge in [0.2, 0.25) is 0 Å². The predicted octanol–water partition coefficient (Wildman–Crippen LogP) is 2.67. The molecule has 100 valence electrons. The molecule has 1 saturated heterocycles. The SMILES string of the molecule is Cc1cc(C)c(CO)c(N2CCC(C)C(C)C2)n1. The number of aliphatic hydroxyl groups excluding tert-OH is 1. The minimum absolute atomic E-state index is 0.0783. The van der Waals surface area contributed by atoms with Crippen molar-refractivity contribution in [1.82, 2.24) is 4.98 Å². The van der Waals surface area contributed by atoms with Crippen molar-refractivity contribution in [2.45, 2.75) is 40.7 Å². The first kappa shape index (κ1) is 13.3. The molecule has 2 heterocycles. The molecule has 2 atom stereocenters. The van der Waals surface area contributed by atoms with Crippen LogP contribution in [0.1, 0.15) is 37.1 Å². The summed E-state index contributed by atoms with van der Waals surface area (Å²) < 4.78 is 0. The van der Waals surface area contributed by atoms with Crippen LogP contribution in [0.25, 0.3) is 0 Å². The van der Waals surface area contributed by atoms with Crippen molar-refractivity contribution in [3.8, 4) is 0 Å². The molecule has 2 rings (SSSR count). The molecule has 1 aromatic heterocycles. The molecule has 0 radical (unpaired) electrons. The number of hydrogen-bond donors (Lipinski definition) is 1. The Balaban J connectivity index is 2.33. The molecule has 0 bridgehead atoms. The van der Waals surface area contributed by atoms with Crippen molar-refractivity contribution < 1.29 is 5.11 Å². The molecule has 3 nitrogen and oxygen atoms in total. The van der Waals surface area contributed by atoms with Gasteiger partial charge in [0, 0.05) is 24.3 Å². The average molecular weight is 248 g/mol. The Kier molecular flexibility index (Phi) is 3.91. The summed E-state index contributed by atoms with van der Waals surface area (Å²) >= 11 is 0. The monoisotopic (exact) mass is 248 g/mol. The van der Waals surface area contributed by atoms with Gasteiger partial charge < -0.3 is 10.0 Å². The first-order valence-electron chi connectivity index (χ1n) is 6.85. The van der Waals surface area contributed by atoms with Gasteiger partial charge in [0.05, 0.1) is 6.61 Å². The zero-order valence-electron chi connectivity index (χ0n) is 11.9. The van der Waals surface area contributed by atoms with E-state index in [-0.39, 0.29) is 6.61 Å². The van der Waals surface area contributed by atoms with Crippen molar-refractivity contribution in [1.29, 1.82) is 0 Å². The summed E-state index contributed by atoms with van der Waals surface area (Å²) in [5.41, 5.74) is 3.17. The molecule has 1 aliphatic rings. The van der Waals surface area contributed by atoms with E-state index in [2.05, 4.69) is 30.7 Å². The van der Waals surface area contributed by atoms with E-state index < -0.39 is 0 Å². The Hall–Kier alpha value is -1.09. The molecule has 0 saturated carbocycles. The highest BCUT2D eigenvalue weighted by atomic mass is 16.3. The largest absolute Gasteiger partial charge is 0.392 e. The predicted molar refractivity (Wildman–Crippen MR) is 74.8 cm³/mol. The highest BCUT2D eigenvalue weighted by molar-refractivity contribution is 5.51. The van der Waals surface area contributed by atoms with Crippen LogP contribution in [0.15, 0.2) is 6.07 Å². The number of anilines is 1. The number of piperidine rings is 1. The summed E-state index contributed by atoms with van der Waals surface area (Å²) in [7, 11) is 0. The Morgan fingerprint density at radius 3 is 2.67 bits per heavy atom. The summed E-state index contributed by atoms with van der Waals surface area (Å²) in [5.74, 6) is 2.46. The Bertz CT molecular complexity index is 431. The molecule has 1 N–H and O–H groups in total. The Morgan fingerprint density at radius 1 is 1.33 bits per heavy atom. The van der Waals surface area contributed by atoms with E-state index >= 15 is 0 Å². The van der Waals surface area contributed by atoms with Crippen LogP contribution in [0.2, 0.25) is 0 Å². The normalized spacial score (nSPS) is 24.4. The number of pyridine rings is 1. The van der Waals surface area contributed by atoms with Crippen molar-refractivity contribution in [2.24, 2.45) is 11.8 Å². The zero-order chi connectivity index (χ0) is 13.3. The van der Waals surface area contributed by atoms with Crippen LogP contribution >= 0.6 is 0 Å². The van der Waals surface area contributed by atoms with E-state index in [1.54, 1.807) is 0 Å². The molecule has 0 aliphatic carbocycles. The lowest BCUT2D eigenvalue weighted by Crippen LogP contribution is -2.39. The molecule has 1 aliphatic heterocycles. The number of aliphatic hydroxyl groups is 1. The van der Waals surface area contributed by atoms with Crippen molar-refractivity contribution in [3.63, 3.8) is 0 Å². The number of aromatic nitrogens is 1. The molecule has 0 spiro atoms. The lowest BCUT2D eigenvalue weighted by atomic mass is 9.88. The molecule has 18 heavy (non-hydrogen) atoms. The molecule has 3 heteroatoms. The highest BCUT2D eigenvalue weighted by Gasteiger charge is 2.25. The Morgan fingerprint density at radius 2 is 2.06 bits per heavy atom. The Labute approximate surface area is 110 Å². The van der Waals surface area contributed by atoms with Gasteiger partial charge in [-0.25, -0.2) is 4.98 Å². The van der Waals surface area contributed by atoms with Crippen LogP contribution in [0.3, 0.4) is 0 Å². The minimum Gasteiger partial charge on any atom is -0.392 e. The number of rotatable bonds is 2. The maximum Gasteiger partial charge on any atom is 0.134 e. The summed E-state index contributed by atoms with van der Waals surface area (Å²) in [6.07, 6.45) is 1.21. The first-order valence-corrected chi connectivity index (χ1v) is 6.85. The summed E-state index contributed by atoms with van der Waals surface area (Å²) in [5, 5.41) is 9.57. The highest BCUT2D eigenvalue weighted by Crippen LogP contribution is 2.29. The van der Waals surface area contributed by atoms with Crippen LogP contribution in [-0.4, -0.2) is 23.2 Å². The van der Waals surface area contributed by atoms with Crippen molar-refractivity contribution >= 4 is 5.82 Å². The third kappa shape index (κ3) is 2.51. The van der Waals surface area contributed by atoms with Crippen LogP contribution in [0.5, 0.6) is 0 Å². The fraction of sp³-hybridized carbons (Fsp3) is 0.667. The standard InChI is InChI=1S/C15H24N2O/c1-10-5-6-17(8-12(10)3)15-14(9-18)11(2)7-13(4)16-15/h7,10,12,18H,5-6,8-9H2,1-4H3. The summed E-state index contributed by atoms with van der Waals surface area (Å²) in [4.78, 5) is 7.00. The lowest BCUT2D eigenvalue weighted by molar-refractivity contribution is 0.278. The number of aryl methyl sites for hydroxylation is 2. The van der Waals surface area contributed by atoms with Crippen LogP contribution < -0.4 is 4.90 Å². The maximum absolute atomic E-state index is 9.57. The van der Waals surface area contributed by atoms with Gasteiger partial charge in [-0.05, 0) is 43.7 Å². The van der Waals surface area contributed by atoms with E-state index in [1.165, 1.54) is 6.42 Å². The van der Waals surface area contributed by atoms with E-state index in [0.29, 0.717) is 5.92 Å². The van der Waals surface area contributed by atoms with Gasteiger partial charge in [-0.1, -0.05) is 13.8 Å². The number of nitrogens with zero attached hydrogens (tertiary/aromatic N) is 2. The summed E-state index contributed by atoms with van der Waals surface area (Å²) in [6.45, 7) is 10.9. The number of hydrogen-bond acceptors (Lipinski definition) is 3. The second-order valence-electron chi connectivity index (χ2n) is 5.73. The van der Waals surface area contributed by atoms with Gasteiger partial charge in [-0.15, -0.1) is 0 Å².